The Morgan fingerprint density at radius 2 is 2.38 bits per heavy atom. The van der Waals surface area contributed by atoms with E-state index in [4.69, 9.17) is 0 Å². The molecule has 0 saturated heterocycles. The quantitative estimate of drug-likeness (QED) is 0.639. The van der Waals surface area contributed by atoms with Crippen LogP contribution in [0.4, 0.5) is 0 Å². The second-order valence-corrected chi connectivity index (χ2v) is 4.11. The van der Waals surface area contributed by atoms with E-state index in [9.17, 15) is 0 Å². The fraction of sp³-hybridized carbons (Fsp3) is 0.333. The highest BCUT2D eigenvalue weighted by atomic mass is 79.9. The van der Waals surface area contributed by atoms with Gasteiger partial charge in [-0.15, -0.1) is 11.3 Å². The molecule has 44 valence electrons. The molecule has 0 aliphatic carbocycles. The average Bonchev–Trinajstić information content (AvgIpc) is 2.14. The lowest BCUT2D eigenvalue weighted by Crippen LogP contribution is -1.63. The van der Waals surface area contributed by atoms with Gasteiger partial charge in [0.1, 0.15) is 0 Å². The zero-order valence-corrected chi connectivity index (χ0v) is 7.05. The fourth-order valence-corrected chi connectivity index (χ4v) is 1.96. The van der Waals surface area contributed by atoms with E-state index in [1.54, 1.807) is 11.3 Å². The summed E-state index contributed by atoms with van der Waals surface area (Å²) in [5, 5.41) is 0. The molecule has 0 amide bonds. The van der Waals surface area contributed by atoms with Crippen LogP contribution >= 0.6 is 27.3 Å². The summed E-state index contributed by atoms with van der Waals surface area (Å²) in [6, 6.07) is 4.23. The SMILES string of the molecule is CCc1ccc(Br)s1. The molecular weight excluding hydrogens is 184 g/mol. The van der Waals surface area contributed by atoms with Gasteiger partial charge in [0, 0.05) is 4.88 Å². The summed E-state index contributed by atoms with van der Waals surface area (Å²) in [5.74, 6) is 0. The van der Waals surface area contributed by atoms with E-state index < -0.39 is 0 Å². The molecule has 8 heavy (non-hydrogen) atoms. The van der Waals surface area contributed by atoms with Gasteiger partial charge in [-0.05, 0) is 34.5 Å². The van der Waals surface area contributed by atoms with Crippen LogP contribution in [0.3, 0.4) is 0 Å². The molecule has 0 bridgehead atoms. The lowest BCUT2D eigenvalue weighted by molar-refractivity contribution is 1.19. The largest absolute Gasteiger partial charge is 0.133 e. The number of hydrogen-bond donors (Lipinski definition) is 0. The minimum absolute atomic E-state index is 1.15. The van der Waals surface area contributed by atoms with Gasteiger partial charge in [0.25, 0.3) is 0 Å². The lowest BCUT2D eigenvalue weighted by Gasteiger charge is -1.79. The molecule has 0 atom stereocenters. The van der Waals surface area contributed by atoms with Crippen molar-refractivity contribution in [2.24, 2.45) is 0 Å². The van der Waals surface area contributed by atoms with Crippen molar-refractivity contribution in [2.45, 2.75) is 13.3 Å². The molecule has 2 heteroatoms. The minimum Gasteiger partial charge on any atom is -0.133 e. The summed E-state index contributed by atoms with van der Waals surface area (Å²) in [4.78, 5) is 1.44. The third-order valence-corrected chi connectivity index (χ3v) is 2.75. The highest BCUT2D eigenvalue weighted by Gasteiger charge is 1.91. The molecule has 1 heterocycles. The normalized spacial score (nSPS) is 9.75. The van der Waals surface area contributed by atoms with Crippen LogP contribution in [0.2, 0.25) is 0 Å². The van der Waals surface area contributed by atoms with Crippen LogP contribution in [0.15, 0.2) is 15.9 Å². The zero-order chi connectivity index (χ0) is 5.98. The predicted octanol–water partition coefficient (Wildman–Crippen LogP) is 3.07. The Morgan fingerprint density at radius 3 is 2.62 bits per heavy atom. The number of halogens is 1. The van der Waals surface area contributed by atoms with Crippen molar-refractivity contribution in [3.63, 3.8) is 0 Å². The van der Waals surface area contributed by atoms with E-state index in [1.807, 2.05) is 0 Å². The summed E-state index contributed by atoms with van der Waals surface area (Å²) in [5.41, 5.74) is 0. The van der Waals surface area contributed by atoms with E-state index >= 15 is 0 Å². The van der Waals surface area contributed by atoms with E-state index in [2.05, 4.69) is 35.0 Å². The van der Waals surface area contributed by atoms with E-state index in [1.165, 1.54) is 8.66 Å². The van der Waals surface area contributed by atoms with Crippen molar-refractivity contribution in [3.05, 3.63) is 20.8 Å². The molecule has 0 fully saturated rings. The smallest absolute Gasteiger partial charge is 0.0701 e. The van der Waals surface area contributed by atoms with Crippen molar-refractivity contribution in [3.8, 4) is 0 Å². The minimum atomic E-state index is 1.15. The standard InChI is InChI=1S/C6H7BrS/c1-2-5-3-4-6(7)8-5/h3-4H,2H2,1H3. The van der Waals surface area contributed by atoms with Crippen molar-refractivity contribution in [1.29, 1.82) is 0 Å². The highest BCUT2D eigenvalue weighted by molar-refractivity contribution is 9.11. The van der Waals surface area contributed by atoms with Crippen LogP contribution < -0.4 is 0 Å². The molecule has 0 radical (unpaired) electrons. The topological polar surface area (TPSA) is 0 Å². The lowest BCUT2D eigenvalue weighted by atomic mass is 10.4. The van der Waals surface area contributed by atoms with E-state index in [0.29, 0.717) is 0 Å². The van der Waals surface area contributed by atoms with Gasteiger partial charge >= 0.3 is 0 Å². The number of thiophene rings is 1. The second kappa shape index (κ2) is 2.65. The van der Waals surface area contributed by atoms with Crippen molar-refractivity contribution >= 4 is 27.3 Å². The van der Waals surface area contributed by atoms with Gasteiger partial charge in [0.05, 0.1) is 3.79 Å². The number of hydrogen-bond acceptors (Lipinski definition) is 1. The molecule has 0 nitrogen and oxygen atoms in total. The Balaban J connectivity index is 2.84. The zero-order valence-electron chi connectivity index (χ0n) is 4.65. The van der Waals surface area contributed by atoms with Gasteiger partial charge in [0.2, 0.25) is 0 Å². The van der Waals surface area contributed by atoms with Crippen LogP contribution in [0, 0.1) is 0 Å². The summed E-state index contributed by atoms with van der Waals surface area (Å²) in [7, 11) is 0. The third-order valence-electron chi connectivity index (χ3n) is 0.977. The van der Waals surface area contributed by atoms with E-state index in [0.717, 1.165) is 6.42 Å². The summed E-state index contributed by atoms with van der Waals surface area (Å²) in [6.45, 7) is 2.16. The van der Waals surface area contributed by atoms with Crippen LogP contribution in [-0.4, -0.2) is 0 Å². The molecule has 0 spiro atoms. The number of rotatable bonds is 1. The Kier molecular flexibility index (Phi) is 2.08. The van der Waals surface area contributed by atoms with Crippen LogP contribution in [0.5, 0.6) is 0 Å². The maximum atomic E-state index is 3.39. The van der Waals surface area contributed by atoms with Gasteiger partial charge in [-0.3, -0.25) is 0 Å². The first-order valence-electron chi connectivity index (χ1n) is 2.57. The summed E-state index contributed by atoms with van der Waals surface area (Å²) in [6.07, 6.45) is 1.15. The van der Waals surface area contributed by atoms with Crippen LogP contribution in [0.25, 0.3) is 0 Å². The molecule has 0 unspecified atom stereocenters. The molecule has 0 aliphatic heterocycles. The van der Waals surface area contributed by atoms with Gasteiger partial charge in [-0.2, -0.15) is 0 Å². The second-order valence-electron chi connectivity index (χ2n) is 1.56. The molecule has 1 aromatic heterocycles. The number of aryl methyl sites for hydroxylation is 1. The van der Waals surface area contributed by atoms with Crippen molar-refractivity contribution < 1.29 is 0 Å². The average molecular weight is 191 g/mol. The molecule has 0 N–H and O–H groups in total. The highest BCUT2D eigenvalue weighted by Crippen LogP contribution is 2.21. The Hall–Kier alpha value is 0.180. The fourth-order valence-electron chi connectivity index (χ4n) is 0.542. The Bertz CT molecular complexity index is 169. The summed E-state index contributed by atoms with van der Waals surface area (Å²) >= 11 is 5.20. The van der Waals surface area contributed by atoms with Crippen molar-refractivity contribution in [2.75, 3.05) is 0 Å². The molecule has 0 saturated carbocycles. The van der Waals surface area contributed by atoms with Gasteiger partial charge in [-0.25, -0.2) is 0 Å². The van der Waals surface area contributed by atoms with Gasteiger partial charge in [-0.1, -0.05) is 6.92 Å². The predicted molar refractivity (Wildman–Crippen MR) is 41.4 cm³/mol. The van der Waals surface area contributed by atoms with Crippen molar-refractivity contribution in [1.82, 2.24) is 0 Å². The molecule has 0 aromatic carbocycles. The third kappa shape index (κ3) is 1.33. The Morgan fingerprint density at radius 1 is 1.62 bits per heavy atom. The first kappa shape index (κ1) is 6.30. The first-order valence-corrected chi connectivity index (χ1v) is 4.18. The van der Waals surface area contributed by atoms with Gasteiger partial charge < -0.3 is 0 Å². The molecular formula is C6H7BrS. The Labute approximate surface area is 61.7 Å². The maximum absolute atomic E-state index is 3.39. The van der Waals surface area contributed by atoms with Crippen LogP contribution in [-0.2, 0) is 6.42 Å². The van der Waals surface area contributed by atoms with E-state index in [-0.39, 0.29) is 0 Å². The monoisotopic (exact) mass is 190 g/mol. The summed E-state index contributed by atoms with van der Waals surface area (Å²) < 4.78 is 1.23. The first-order chi connectivity index (χ1) is 3.83. The van der Waals surface area contributed by atoms with Gasteiger partial charge in [0.15, 0.2) is 0 Å². The molecule has 0 aliphatic rings. The molecule has 1 aromatic rings. The van der Waals surface area contributed by atoms with Crippen LogP contribution in [0.1, 0.15) is 11.8 Å². The maximum Gasteiger partial charge on any atom is 0.0701 e. The molecule has 1 rings (SSSR count).